The summed E-state index contributed by atoms with van der Waals surface area (Å²) in [5.74, 6) is 1.16. The first-order valence-electron chi connectivity index (χ1n) is 11.6. The molecule has 4 rings (SSSR count). The lowest BCUT2D eigenvalue weighted by molar-refractivity contribution is -0.129. The van der Waals surface area contributed by atoms with Crippen molar-refractivity contribution in [1.29, 1.82) is 0 Å². The van der Waals surface area contributed by atoms with E-state index in [0.717, 1.165) is 23.4 Å². The van der Waals surface area contributed by atoms with E-state index in [1.807, 2.05) is 35.2 Å². The maximum atomic E-state index is 13.6. The maximum absolute atomic E-state index is 13.6. The number of hydrogen-bond donors (Lipinski definition) is 1. The molecule has 0 saturated carbocycles. The van der Waals surface area contributed by atoms with Gasteiger partial charge in [0, 0.05) is 52.0 Å². The molecular formula is C26H29FN6O2. The summed E-state index contributed by atoms with van der Waals surface area (Å²) in [4.78, 5) is 38.2. The van der Waals surface area contributed by atoms with Crippen LogP contribution >= 0.6 is 0 Å². The fourth-order valence-corrected chi connectivity index (χ4v) is 4.12. The third-order valence-corrected chi connectivity index (χ3v) is 6.02. The first kappa shape index (κ1) is 24.1. The average molecular weight is 477 g/mol. The highest BCUT2D eigenvalue weighted by Gasteiger charge is 2.21. The number of piperazine rings is 1. The fraction of sp³-hybridized carbons (Fsp3) is 0.308. The predicted molar refractivity (Wildman–Crippen MR) is 134 cm³/mol. The van der Waals surface area contributed by atoms with Gasteiger partial charge in [0.2, 0.25) is 12.3 Å². The zero-order valence-corrected chi connectivity index (χ0v) is 19.7. The highest BCUT2D eigenvalue weighted by molar-refractivity contribution is 5.82. The number of nitrogens with zero attached hydrogens (tertiary/aromatic N) is 5. The van der Waals surface area contributed by atoms with Gasteiger partial charge in [0.05, 0.1) is 12.2 Å². The van der Waals surface area contributed by atoms with Gasteiger partial charge in [0.25, 0.3) is 0 Å². The minimum atomic E-state index is -0.267. The van der Waals surface area contributed by atoms with Crippen molar-refractivity contribution >= 4 is 29.6 Å². The lowest BCUT2D eigenvalue weighted by atomic mass is 10.1. The number of amides is 2. The van der Waals surface area contributed by atoms with E-state index >= 15 is 0 Å². The van der Waals surface area contributed by atoms with Crippen LogP contribution in [0.25, 0.3) is 0 Å². The molecule has 0 unspecified atom stereocenters. The highest BCUT2D eigenvalue weighted by Crippen LogP contribution is 2.28. The van der Waals surface area contributed by atoms with Crippen molar-refractivity contribution in [2.75, 3.05) is 47.8 Å². The number of rotatable bonds is 9. The SMILES string of the molecule is CC(=O)N1CCN(c2ccc(N(C=O)Cc3cccnc3)c(NCCc3cccc(F)c3)n2)CC1. The van der Waals surface area contributed by atoms with E-state index in [2.05, 4.69) is 15.2 Å². The molecule has 8 nitrogen and oxygen atoms in total. The lowest BCUT2D eigenvalue weighted by Crippen LogP contribution is -2.48. The van der Waals surface area contributed by atoms with Gasteiger partial charge >= 0.3 is 0 Å². The van der Waals surface area contributed by atoms with Gasteiger partial charge in [0.1, 0.15) is 11.6 Å². The van der Waals surface area contributed by atoms with Crippen molar-refractivity contribution in [2.24, 2.45) is 0 Å². The van der Waals surface area contributed by atoms with Gasteiger partial charge in [0.15, 0.2) is 5.82 Å². The van der Waals surface area contributed by atoms with Gasteiger partial charge in [-0.05, 0) is 47.9 Å². The van der Waals surface area contributed by atoms with Gasteiger partial charge in [-0.3, -0.25) is 14.6 Å². The van der Waals surface area contributed by atoms with Gasteiger partial charge in [-0.1, -0.05) is 18.2 Å². The number of nitrogens with one attached hydrogen (secondary N) is 1. The summed E-state index contributed by atoms with van der Waals surface area (Å²) < 4.78 is 13.6. The largest absolute Gasteiger partial charge is 0.368 e. The Morgan fingerprint density at radius 2 is 1.91 bits per heavy atom. The first-order valence-corrected chi connectivity index (χ1v) is 11.6. The molecular weight excluding hydrogens is 447 g/mol. The summed E-state index contributed by atoms with van der Waals surface area (Å²) in [5.41, 5.74) is 2.42. The minimum absolute atomic E-state index is 0.0738. The van der Waals surface area contributed by atoms with Gasteiger partial charge < -0.3 is 20.0 Å². The third kappa shape index (κ3) is 6.32. The van der Waals surface area contributed by atoms with Crippen molar-refractivity contribution in [1.82, 2.24) is 14.9 Å². The normalized spacial score (nSPS) is 13.4. The predicted octanol–water partition coefficient (Wildman–Crippen LogP) is 3.10. The Labute approximate surface area is 204 Å². The van der Waals surface area contributed by atoms with E-state index in [1.54, 1.807) is 30.3 Å². The molecule has 0 radical (unpaired) electrons. The quantitative estimate of drug-likeness (QED) is 0.478. The number of benzene rings is 1. The topological polar surface area (TPSA) is 81.7 Å². The number of carbonyl (C=O) groups excluding carboxylic acids is 2. The van der Waals surface area contributed by atoms with E-state index in [9.17, 15) is 14.0 Å². The van der Waals surface area contributed by atoms with Crippen LogP contribution < -0.4 is 15.1 Å². The van der Waals surface area contributed by atoms with Crippen molar-refractivity contribution < 1.29 is 14.0 Å². The summed E-state index contributed by atoms with van der Waals surface area (Å²) in [6.07, 6.45) is 4.80. The number of carbonyl (C=O) groups is 2. The summed E-state index contributed by atoms with van der Waals surface area (Å²) in [6, 6.07) is 14.0. The van der Waals surface area contributed by atoms with Gasteiger partial charge in [-0.2, -0.15) is 0 Å². The number of halogens is 1. The van der Waals surface area contributed by atoms with Crippen LogP contribution in [0, 0.1) is 5.82 Å². The first-order chi connectivity index (χ1) is 17.0. The van der Waals surface area contributed by atoms with Crippen LogP contribution in [0.1, 0.15) is 18.1 Å². The van der Waals surface area contributed by atoms with Crippen LogP contribution in [0.15, 0.2) is 60.9 Å². The standard InChI is InChI=1S/C26H29FN6O2/c1-20(35)31-12-14-32(15-13-31)25-8-7-24(33(19-34)18-22-5-3-10-28-17-22)26(30-25)29-11-9-21-4-2-6-23(27)16-21/h2-8,10,16-17,19H,9,11-15,18H2,1H3,(H,29,30). The Morgan fingerprint density at radius 1 is 1.11 bits per heavy atom. The van der Waals surface area contributed by atoms with Crippen LogP contribution in [0.4, 0.5) is 21.7 Å². The van der Waals surface area contributed by atoms with E-state index in [-0.39, 0.29) is 11.7 Å². The zero-order chi connectivity index (χ0) is 24.6. The smallest absolute Gasteiger partial charge is 0.219 e. The zero-order valence-electron chi connectivity index (χ0n) is 19.7. The van der Waals surface area contributed by atoms with Crippen LogP contribution in [-0.2, 0) is 22.6 Å². The molecule has 3 aromatic rings. The van der Waals surface area contributed by atoms with Crippen molar-refractivity contribution in [3.05, 3.63) is 77.9 Å². The monoisotopic (exact) mass is 476 g/mol. The van der Waals surface area contributed by atoms with Crippen molar-refractivity contribution in [3.63, 3.8) is 0 Å². The van der Waals surface area contributed by atoms with Crippen LogP contribution in [0.5, 0.6) is 0 Å². The molecule has 1 aliphatic rings. The van der Waals surface area contributed by atoms with E-state index in [1.165, 1.54) is 12.1 Å². The Bertz CT molecular complexity index is 1150. The summed E-state index contributed by atoms with van der Waals surface area (Å²) >= 11 is 0. The molecule has 0 spiro atoms. The molecule has 1 N–H and O–H groups in total. The van der Waals surface area contributed by atoms with Crippen LogP contribution in [0.2, 0.25) is 0 Å². The third-order valence-electron chi connectivity index (χ3n) is 6.02. The molecule has 9 heteroatoms. The second-order valence-electron chi connectivity index (χ2n) is 8.43. The molecule has 2 aromatic heterocycles. The lowest BCUT2D eigenvalue weighted by Gasteiger charge is -2.35. The Kier molecular flexibility index (Phi) is 7.87. The number of anilines is 3. The van der Waals surface area contributed by atoms with Crippen LogP contribution in [0.3, 0.4) is 0 Å². The maximum Gasteiger partial charge on any atom is 0.219 e. The number of hydrogen-bond acceptors (Lipinski definition) is 6. The molecule has 1 fully saturated rings. The van der Waals surface area contributed by atoms with Crippen molar-refractivity contribution in [3.8, 4) is 0 Å². The number of aromatic nitrogens is 2. The molecule has 0 atom stereocenters. The van der Waals surface area contributed by atoms with Gasteiger partial charge in [-0.25, -0.2) is 9.37 Å². The van der Waals surface area contributed by atoms with Crippen molar-refractivity contribution in [2.45, 2.75) is 19.9 Å². The summed E-state index contributed by atoms with van der Waals surface area (Å²) in [6.45, 7) is 5.10. The Hall–Kier alpha value is -4.01. The minimum Gasteiger partial charge on any atom is -0.368 e. The second-order valence-corrected chi connectivity index (χ2v) is 8.43. The molecule has 35 heavy (non-hydrogen) atoms. The second kappa shape index (κ2) is 11.4. The van der Waals surface area contributed by atoms with Gasteiger partial charge in [-0.15, -0.1) is 0 Å². The molecule has 3 heterocycles. The Morgan fingerprint density at radius 3 is 2.60 bits per heavy atom. The number of pyridine rings is 2. The molecule has 182 valence electrons. The highest BCUT2D eigenvalue weighted by atomic mass is 19.1. The van der Waals surface area contributed by atoms with Crippen LogP contribution in [-0.4, -0.2) is 59.9 Å². The molecule has 1 saturated heterocycles. The van der Waals surface area contributed by atoms with E-state index in [0.29, 0.717) is 57.2 Å². The average Bonchev–Trinajstić information content (AvgIpc) is 2.88. The van der Waals surface area contributed by atoms with E-state index in [4.69, 9.17) is 4.98 Å². The van der Waals surface area contributed by atoms with E-state index < -0.39 is 0 Å². The molecule has 0 bridgehead atoms. The Balaban J connectivity index is 1.55. The molecule has 0 aliphatic carbocycles. The molecule has 2 amide bonds. The molecule has 1 aromatic carbocycles. The summed E-state index contributed by atoms with van der Waals surface area (Å²) in [5, 5.41) is 3.35. The molecule has 1 aliphatic heterocycles. The fourth-order valence-electron chi connectivity index (χ4n) is 4.12. The summed E-state index contributed by atoms with van der Waals surface area (Å²) in [7, 11) is 0.